The molecule has 5 heteroatoms. The Balaban J connectivity index is 1.71. The topological polar surface area (TPSA) is 43.1 Å². The number of halogens is 1. The van der Waals surface area contributed by atoms with E-state index >= 15 is 0 Å². The zero-order chi connectivity index (χ0) is 14.1. The maximum Gasteiger partial charge on any atom is 0.269 e. The lowest BCUT2D eigenvalue weighted by molar-refractivity contribution is -0.384. The molecule has 0 fully saturated rings. The van der Waals surface area contributed by atoms with E-state index in [0.717, 1.165) is 5.56 Å². The molecule has 0 radical (unpaired) electrons. The summed E-state index contributed by atoms with van der Waals surface area (Å²) in [5.74, 6) is 0. The van der Waals surface area contributed by atoms with Crippen molar-refractivity contribution in [3.05, 3.63) is 61.3 Å². The van der Waals surface area contributed by atoms with Crippen LogP contribution in [0, 0.1) is 10.1 Å². The number of rotatable bonds is 4. The molecule has 0 amide bonds. The summed E-state index contributed by atoms with van der Waals surface area (Å²) < 4.78 is 0. The van der Waals surface area contributed by atoms with Gasteiger partial charge in [-0.05, 0) is 42.9 Å². The molecule has 1 unspecified atom stereocenters. The second kappa shape index (κ2) is 5.54. The fraction of sp³-hybridized carbons (Fsp3) is 0.333. The van der Waals surface area contributed by atoms with Gasteiger partial charge in [0.1, 0.15) is 0 Å². The molecule has 0 spiro atoms. The zero-order valence-corrected chi connectivity index (χ0v) is 12.4. The number of nitro benzene ring substituents is 1. The standard InChI is InChI=1S/C15H14ClNO2S/c16-13(15-9-11-2-1-3-14(11)20-15)8-10-4-6-12(7-5-10)17(18)19/h4-7,9,13H,1-3,8H2. The summed E-state index contributed by atoms with van der Waals surface area (Å²) >= 11 is 8.30. The van der Waals surface area contributed by atoms with Crippen LogP contribution < -0.4 is 0 Å². The number of fused-ring (bicyclic) bond motifs is 1. The van der Waals surface area contributed by atoms with Crippen LogP contribution >= 0.6 is 22.9 Å². The third-order valence-corrected chi connectivity index (χ3v) is 5.51. The lowest BCUT2D eigenvalue weighted by Gasteiger charge is -2.07. The number of alkyl halides is 1. The molecule has 1 atom stereocenters. The Kier molecular flexibility index (Phi) is 3.76. The van der Waals surface area contributed by atoms with Gasteiger partial charge in [0.25, 0.3) is 5.69 Å². The predicted octanol–water partition coefficient (Wildman–Crippen LogP) is 4.67. The summed E-state index contributed by atoms with van der Waals surface area (Å²) in [5, 5.41) is 10.6. The smallest absolute Gasteiger partial charge is 0.258 e. The molecule has 0 N–H and O–H groups in total. The third kappa shape index (κ3) is 2.72. The average Bonchev–Trinajstić information content (AvgIpc) is 2.99. The van der Waals surface area contributed by atoms with E-state index in [1.54, 1.807) is 12.1 Å². The molecule has 0 aliphatic heterocycles. The van der Waals surface area contributed by atoms with Crippen molar-refractivity contribution < 1.29 is 4.92 Å². The Bertz CT molecular complexity index is 614. The van der Waals surface area contributed by atoms with Gasteiger partial charge in [0.2, 0.25) is 0 Å². The van der Waals surface area contributed by atoms with E-state index in [2.05, 4.69) is 6.07 Å². The Morgan fingerprint density at radius 2 is 2.05 bits per heavy atom. The molecule has 104 valence electrons. The second-order valence-electron chi connectivity index (χ2n) is 5.05. The molecule has 0 bridgehead atoms. The number of aryl methyl sites for hydroxylation is 2. The van der Waals surface area contributed by atoms with Gasteiger partial charge in [-0.25, -0.2) is 0 Å². The third-order valence-electron chi connectivity index (χ3n) is 3.64. The van der Waals surface area contributed by atoms with Crippen LogP contribution in [0.3, 0.4) is 0 Å². The normalized spacial score (nSPS) is 15.1. The average molecular weight is 308 g/mol. The first-order chi connectivity index (χ1) is 9.63. The number of nitro groups is 1. The van der Waals surface area contributed by atoms with Gasteiger partial charge in [-0.1, -0.05) is 12.1 Å². The van der Waals surface area contributed by atoms with Gasteiger partial charge in [-0.15, -0.1) is 22.9 Å². The van der Waals surface area contributed by atoms with Crippen molar-refractivity contribution in [2.24, 2.45) is 0 Å². The van der Waals surface area contributed by atoms with E-state index < -0.39 is 0 Å². The van der Waals surface area contributed by atoms with Crippen molar-refractivity contribution in [2.75, 3.05) is 0 Å². The predicted molar refractivity (Wildman–Crippen MR) is 81.7 cm³/mol. The molecule has 3 rings (SSSR count). The minimum Gasteiger partial charge on any atom is -0.258 e. The summed E-state index contributed by atoms with van der Waals surface area (Å²) in [5.41, 5.74) is 2.61. The van der Waals surface area contributed by atoms with Crippen LogP contribution in [0.25, 0.3) is 0 Å². The second-order valence-corrected chi connectivity index (χ2v) is 6.74. The van der Waals surface area contributed by atoms with Crippen LogP contribution in [0.15, 0.2) is 30.3 Å². The Morgan fingerprint density at radius 1 is 1.30 bits per heavy atom. The van der Waals surface area contributed by atoms with E-state index in [9.17, 15) is 10.1 Å². The quantitative estimate of drug-likeness (QED) is 0.468. The van der Waals surface area contributed by atoms with Crippen molar-refractivity contribution in [2.45, 2.75) is 31.1 Å². The summed E-state index contributed by atoms with van der Waals surface area (Å²) in [4.78, 5) is 12.9. The minimum atomic E-state index is -0.383. The maximum atomic E-state index is 10.6. The summed E-state index contributed by atoms with van der Waals surface area (Å²) in [7, 11) is 0. The largest absolute Gasteiger partial charge is 0.269 e. The molecule has 20 heavy (non-hydrogen) atoms. The van der Waals surface area contributed by atoms with Gasteiger partial charge in [0.15, 0.2) is 0 Å². The fourth-order valence-electron chi connectivity index (χ4n) is 2.57. The molecule has 1 aliphatic carbocycles. The SMILES string of the molecule is O=[N+]([O-])c1ccc(CC(Cl)c2cc3c(s2)CCC3)cc1. The zero-order valence-electron chi connectivity index (χ0n) is 10.8. The van der Waals surface area contributed by atoms with Crippen LogP contribution in [0.5, 0.6) is 0 Å². The van der Waals surface area contributed by atoms with Crippen molar-refractivity contribution in [3.63, 3.8) is 0 Å². The van der Waals surface area contributed by atoms with Gasteiger partial charge in [-0.3, -0.25) is 10.1 Å². The van der Waals surface area contributed by atoms with Crippen LogP contribution in [0.2, 0.25) is 0 Å². The number of thiophene rings is 1. The highest BCUT2D eigenvalue weighted by Crippen LogP contribution is 2.37. The highest BCUT2D eigenvalue weighted by Gasteiger charge is 2.19. The number of hydrogen-bond acceptors (Lipinski definition) is 3. The molecule has 1 aromatic carbocycles. The first kappa shape index (κ1) is 13.6. The number of hydrogen-bond donors (Lipinski definition) is 0. The van der Waals surface area contributed by atoms with Crippen molar-refractivity contribution in [1.82, 2.24) is 0 Å². The fourth-order valence-corrected chi connectivity index (χ4v) is 4.18. The molecular formula is C15H14ClNO2S. The minimum absolute atomic E-state index is 0.0490. The monoisotopic (exact) mass is 307 g/mol. The van der Waals surface area contributed by atoms with Crippen molar-refractivity contribution in [1.29, 1.82) is 0 Å². The summed E-state index contributed by atoms with van der Waals surface area (Å²) in [6.45, 7) is 0. The van der Waals surface area contributed by atoms with Crippen LogP contribution in [0.1, 0.15) is 32.7 Å². The molecule has 1 aliphatic rings. The summed E-state index contributed by atoms with van der Waals surface area (Å²) in [6, 6.07) is 8.88. The first-order valence-corrected chi connectivity index (χ1v) is 7.87. The van der Waals surface area contributed by atoms with E-state index in [4.69, 9.17) is 11.6 Å². The molecule has 3 nitrogen and oxygen atoms in total. The first-order valence-electron chi connectivity index (χ1n) is 6.62. The van der Waals surface area contributed by atoms with Crippen molar-refractivity contribution in [3.8, 4) is 0 Å². The van der Waals surface area contributed by atoms with E-state index in [1.807, 2.05) is 11.3 Å². The number of nitrogens with zero attached hydrogens (tertiary/aromatic N) is 1. The molecule has 1 heterocycles. The maximum absolute atomic E-state index is 10.6. The Morgan fingerprint density at radius 3 is 2.70 bits per heavy atom. The molecular weight excluding hydrogens is 294 g/mol. The van der Waals surface area contributed by atoms with E-state index in [-0.39, 0.29) is 16.0 Å². The van der Waals surface area contributed by atoms with Gasteiger partial charge in [-0.2, -0.15) is 0 Å². The lowest BCUT2D eigenvalue weighted by atomic mass is 10.1. The molecule has 2 aromatic rings. The molecule has 1 aromatic heterocycles. The van der Waals surface area contributed by atoms with Crippen LogP contribution in [-0.4, -0.2) is 4.92 Å². The highest BCUT2D eigenvalue weighted by molar-refractivity contribution is 7.12. The van der Waals surface area contributed by atoms with E-state index in [1.165, 1.54) is 46.7 Å². The van der Waals surface area contributed by atoms with E-state index in [0.29, 0.717) is 6.42 Å². The molecule has 0 saturated heterocycles. The molecule has 0 saturated carbocycles. The van der Waals surface area contributed by atoms with Gasteiger partial charge in [0.05, 0.1) is 10.3 Å². The van der Waals surface area contributed by atoms with Gasteiger partial charge < -0.3 is 0 Å². The highest BCUT2D eigenvalue weighted by atomic mass is 35.5. The van der Waals surface area contributed by atoms with Gasteiger partial charge in [0, 0.05) is 21.9 Å². The summed E-state index contributed by atoms with van der Waals surface area (Å²) in [6.07, 6.45) is 4.32. The number of benzene rings is 1. The van der Waals surface area contributed by atoms with Crippen LogP contribution in [0.4, 0.5) is 5.69 Å². The lowest BCUT2D eigenvalue weighted by Crippen LogP contribution is -1.94. The van der Waals surface area contributed by atoms with Crippen molar-refractivity contribution >= 4 is 28.6 Å². The number of non-ortho nitro benzene ring substituents is 1. The van der Waals surface area contributed by atoms with Crippen LogP contribution in [-0.2, 0) is 19.3 Å². The Hall–Kier alpha value is -1.39. The Labute approximate surface area is 126 Å². The van der Waals surface area contributed by atoms with Gasteiger partial charge >= 0.3 is 0 Å².